The topological polar surface area (TPSA) is 35.0 Å². The van der Waals surface area contributed by atoms with E-state index in [1.165, 1.54) is 16.7 Å². The van der Waals surface area contributed by atoms with Crippen molar-refractivity contribution in [1.29, 1.82) is 0 Å². The van der Waals surface area contributed by atoms with Crippen molar-refractivity contribution in [1.82, 2.24) is 9.97 Å². The van der Waals surface area contributed by atoms with Gasteiger partial charge in [0.05, 0.1) is 19.0 Å². The fourth-order valence-corrected chi connectivity index (χ4v) is 2.75. The lowest BCUT2D eigenvalue weighted by molar-refractivity contribution is 0.415. The molecule has 1 heterocycles. The van der Waals surface area contributed by atoms with Gasteiger partial charge in [0.2, 0.25) is 0 Å². The third-order valence-corrected chi connectivity index (χ3v) is 3.70. The van der Waals surface area contributed by atoms with Gasteiger partial charge in [0.15, 0.2) is 0 Å². The molecule has 0 unspecified atom stereocenters. The van der Waals surface area contributed by atoms with Crippen molar-refractivity contribution < 1.29 is 4.74 Å². The molecule has 0 atom stereocenters. The molecule has 0 amide bonds. The molecule has 3 heteroatoms. The Bertz CT molecular complexity index is 781. The molecule has 0 radical (unpaired) electrons. The van der Waals surface area contributed by atoms with Crippen molar-refractivity contribution in [2.24, 2.45) is 0 Å². The number of nitrogens with zero attached hydrogens (tertiary/aromatic N) is 2. The normalized spacial score (nSPS) is 10.5. The highest BCUT2D eigenvalue weighted by Gasteiger charge is 2.12. The van der Waals surface area contributed by atoms with Gasteiger partial charge in [0.25, 0.3) is 0 Å². The van der Waals surface area contributed by atoms with Crippen molar-refractivity contribution in [2.45, 2.75) is 13.8 Å². The van der Waals surface area contributed by atoms with E-state index in [4.69, 9.17) is 4.74 Å². The molecule has 0 saturated heterocycles. The quantitative estimate of drug-likeness (QED) is 0.715. The molecular weight excluding hydrogens is 272 g/mol. The van der Waals surface area contributed by atoms with Gasteiger partial charge in [0, 0.05) is 18.0 Å². The Balaban J connectivity index is 2.21. The summed E-state index contributed by atoms with van der Waals surface area (Å²) in [5.74, 6) is 0.856. The number of aryl methyl sites for hydroxylation is 2. The molecule has 3 aromatic rings. The number of aromatic nitrogens is 2. The van der Waals surface area contributed by atoms with Gasteiger partial charge in [-0.1, -0.05) is 23.8 Å². The summed E-state index contributed by atoms with van der Waals surface area (Å²) in [7, 11) is 1.68. The Morgan fingerprint density at radius 3 is 2.36 bits per heavy atom. The van der Waals surface area contributed by atoms with Crippen LogP contribution < -0.4 is 4.74 Å². The van der Waals surface area contributed by atoms with Crippen LogP contribution in [0.1, 0.15) is 11.1 Å². The smallest absolute Gasteiger partial charge is 0.118 e. The van der Waals surface area contributed by atoms with Crippen molar-refractivity contribution >= 4 is 0 Å². The van der Waals surface area contributed by atoms with Gasteiger partial charge in [-0.25, -0.2) is 0 Å². The Morgan fingerprint density at radius 2 is 1.73 bits per heavy atom. The molecule has 0 fully saturated rings. The van der Waals surface area contributed by atoms with Crippen LogP contribution in [0.3, 0.4) is 0 Å². The summed E-state index contributed by atoms with van der Waals surface area (Å²) in [6.45, 7) is 4.23. The summed E-state index contributed by atoms with van der Waals surface area (Å²) in [5, 5.41) is 0. The van der Waals surface area contributed by atoms with E-state index in [0.29, 0.717) is 0 Å². The second-order valence-electron chi connectivity index (χ2n) is 5.32. The lowest BCUT2D eigenvalue weighted by Gasteiger charge is -2.14. The maximum atomic E-state index is 5.25. The highest BCUT2D eigenvalue weighted by Crippen LogP contribution is 2.35. The Kier molecular flexibility index (Phi) is 3.88. The third kappa shape index (κ3) is 2.70. The summed E-state index contributed by atoms with van der Waals surface area (Å²) < 4.78 is 5.25. The number of methoxy groups -OCH3 is 1. The zero-order valence-electron chi connectivity index (χ0n) is 13.0. The molecule has 22 heavy (non-hydrogen) atoms. The number of benzene rings is 2. The van der Waals surface area contributed by atoms with Gasteiger partial charge in [-0.05, 0) is 48.7 Å². The first kappa shape index (κ1) is 14.3. The molecule has 110 valence electrons. The minimum absolute atomic E-state index is 0.856. The average Bonchev–Trinajstić information content (AvgIpc) is 2.55. The zero-order chi connectivity index (χ0) is 15.5. The summed E-state index contributed by atoms with van der Waals surface area (Å²) >= 11 is 0. The standard InChI is InChI=1S/C19H18N2O/c1-13-10-14(2)19(15-4-6-16(22-3)7-5-15)17(11-13)18-12-20-8-9-21-18/h4-12H,1-3H3. The lowest BCUT2D eigenvalue weighted by Crippen LogP contribution is -1.94. The van der Waals surface area contributed by atoms with Crippen LogP contribution in [-0.4, -0.2) is 17.1 Å². The first-order chi connectivity index (χ1) is 10.7. The number of hydrogen-bond donors (Lipinski definition) is 0. The first-order valence-electron chi connectivity index (χ1n) is 7.21. The third-order valence-electron chi connectivity index (χ3n) is 3.70. The van der Waals surface area contributed by atoms with Crippen LogP contribution in [0, 0.1) is 13.8 Å². The molecule has 2 aromatic carbocycles. The SMILES string of the molecule is COc1ccc(-c2c(C)cc(C)cc2-c2cnccn2)cc1. The largest absolute Gasteiger partial charge is 0.497 e. The van der Waals surface area contributed by atoms with E-state index in [1.54, 1.807) is 25.7 Å². The van der Waals surface area contributed by atoms with Crippen molar-refractivity contribution in [3.05, 3.63) is 66.1 Å². The average molecular weight is 290 g/mol. The zero-order valence-corrected chi connectivity index (χ0v) is 13.0. The summed E-state index contributed by atoms with van der Waals surface area (Å²) in [6.07, 6.45) is 5.23. The molecule has 0 saturated carbocycles. The maximum Gasteiger partial charge on any atom is 0.118 e. The predicted molar refractivity (Wildman–Crippen MR) is 88.9 cm³/mol. The van der Waals surface area contributed by atoms with E-state index in [0.717, 1.165) is 22.6 Å². The summed E-state index contributed by atoms with van der Waals surface area (Å²) in [4.78, 5) is 8.66. The molecule has 0 aliphatic carbocycles. The number of ether oxygens (including phenoxy) is 1. The van der Waals surface area contributed by atoms with Crippen LogP contribution in [0.25, 0.3) is 22.4 Å². The Labute approximate surface area is 130 Å². The fourth-order valence-electron chi connectivity index (χ4n) is 2.75. The van der Waals surface area contributed by atoms with Crippen LogP contribution in [0.15, 0.2) is 55.0 Å². The predicted octanol–water partition coefficient (Wildman–Crippen LogP) is 4.44. The number of rotatable bonds is 3. The van der Waals surface area contributed by atoms with Crippen molar-refractivity contribution in [3.63, 3.8) is 0 Å². The highest BCUT2D eigenvalue weighted by molar-refractivity contribution is 5.84. The van der Waals surface area contributed by atoms with Gasteiger partial charge >= 0.3 is 0 Å². The fraction of sp³-hybridized carbons (Fsp3) is 0.158. The molecule has 0 bridgehead atoms. The van der Waals surface area contributed by atoms with Crippen LogP contribution in [0.5, 0.6) is 5.75 Å². The molecule has 1 aromatic heterocycles. The van der Waals surface area contributed by atoms with E-state index < -0.39 is 0 Å². The molecule has 3 rings (SSSR count). The van der Waals surface area contributed by atoms with Crippen molar-refractivity contribution in [2.75, 3.05) is 7.11 Å². The second-order valence-corrected chi connectivity index (χ2v) is 5.32. The minimum Gasteiger partial charge on any atom is -0.497 e. The van der Waals surface area contributed by atoms with Crippen LogP contribution in [0.2, 0.25) is 0 Å². The monoisotopic (exact) mass is 290 g/mol. The van der Waals surface area contributed by atoms with Crippen LogP contribution in [-0.2, 0) is 0 Å². The minimum atomic E-state index is 0.856. The van der Waals surface area contributed by atoms with Gasteiger partial charge < -0.3 is 4.74 Å². The summed E-state index contributed by atoms with van der Waals surface area (Å²) in [6, 6.07) is 12.5. The summed E-state index contributed by atoms with van der Waals surface area (Å²) in [5.41, 5.74) is 6.78. The number of hydrogen-bond acceptors (Lipinski definition) is 3. The van der Waals surface area contributed by atoms with Gasteiger partial charge in [-0.3, -0.25) is 9.97 Å². The second kappa shape index (κ2) is 5.98. The molecule has 0 aliphatic heterocycles. The van der Waals surface area contributed by atoms with E-state index in [1.807, 2.05) is 12.1 Å². The molecule has 0 aliphatic rings. The van der Waals surface area contributed by atoms with Crippen LogP contribution in [0.4, 0.5) is 0 Å². The van der Waals surface area contributed by atoms with Gasteiger partial charge in [-0.15, -0.1) is 0 Å². The molecular formula is C19H18N2O. The first-order valence-corrected chi connectivity index (χ1v) is 7.21. The van der Waals surface area contributed by atoms with Crippen molar-refractivity contribution in [3.8, 4) is 28.1 Å². The van der Waals surface area contributed by atoms with Gasteiger partial charge in [-0.2, -0.15) is 0 Å². The highest BCUT2D eigenvalue weighted by atomic mass is 16.5. The van der Waals surface area contributed by atoms with E-state index >= 15 is 0 Å². The Hall–Kier alpha value is -2.68. The molecule has 3 nitrogen and oxygen atoms in total. The van der Waals surface area contributed by atoms with E-state index in [9.17, 15) is 0 Å². The Morgan fingerprint density at radius 1 is 0.955 bits per heavy atom. The maximum absolute atomic E-state index is 5.25. The van der Waals surface area contributed by atoms with Crippen LogP contribution >= 0.6 is 0 Å². The molecule has 0 spiro atoms. The molecule has 0 N–H and O–H groups in total. The van der Waals surface area contributed by atoms with Gasteiger partial charge in [0.1, 0.15) is 5.75 Å². The lowest BCUT2D eigenvalue weighted by atomic mass is 9.91. The van der Waals surface area contributed by atoms with E-state index in [-0.39, 0.29) is 0 Å². The van der Waals surface area contributed by atoms with E-state index in [2.05, 4.69) is 48.1 Å².